The number of rotatable bonds is 6. The highest BCUT2D eigenvalue weighted by atomic mass is 35.5. The molecule has 10 heteroatoms. The molecule has 0 atom stereocenters. The zero-order valence-corrected chi connectivity index (χ0v) is 18.4. The quantitative estimate of drug-likeness (QED) is 0.568. The van der Waals surface area contributed by atoms with Gasteiger partial charge in [-0.1, -0.05) is 30.7 Å². The van der Waals surface area contributed by atoms with Gasteiger partial charge in [0.15, 0.2) is 0 Å². The Hall–Kier alpha value is -3.04. The minimum Gasteiger partial charge on any atom is -0.383 e. The maximum Gasteiger partial charge on any atom is 0.254 e. The highest BCUT2D eigenvalue weighted by Gasteiger charge is 2.18. The van der Waals surface area contributed by atoms with Crippen molar-refractivity contribution in [1.82, 2.24) is 24.6 Å². The minimum absolute atomic E-state index is 0.266. The Balaban J connectivity index is 1.38. The average Bonchev–Trinajstić information content (AvgIpc) is 3.16. The molecule has 1 fully saturated rings. The topological polar surface area (TPSA) is 76.1 Å². The van der Waals surface area contributed by atoms with Gasteiger partial charge in [0.1, 0.15) is 22.6 Å². The zero-order valence-electron chi connectivity index (χ0n) is 17.7. The highest BCUT2D eigenvalue weighted by molar-refractivity contribution is 6.29. The van der Waals surface area contributed by atoms with Crippen LogP contribution in [0.25, 0.3) is 12.0 Å². The number of benzene rings is 1. The first-order valence-corrected chi connectivity index (χ1v) is 10.8. The predicted molar refractivity (Wildman–Crippen MR) is 122 cm³/mol. The number of nitrogens with zero attached hydrogens (tertiary/aromatic N) is 6. The molecule has 168 valence electrons. The van der Waals surface area contributed by atoms with Crippen LogP contribution in [0.5, 0.6) is 0 Å². The summed E-state index contributed by atoms with van der Waals surface area (Å²) < 4.78 is 28.6. The molecule has 0 unspecified atom stereocenters. The van der Waals surface area contributed by atoms with E-state index >= 15 is 0 Å². The Kier molecular flexibility index (Phi) is 6.66. The van der Waals surface area contributed by atoms with E-state index in [0.717, 1.165) is 43.4 Å². The van der Waals surface area contributed by atoms with Crippen LogP contribution in [0.2, 0.25) is 5.15 Å². The summed E-state index contributed by atoms with van der Waals surface area (Å²) in [6, 6.07) is 5.13. The highest BCUT2D eigenvalue weighted by Crippen LogP contribution is 2.20. The molecule has 0 saturated carbocycles. The maximum atomic E-state index is 13.5. The third kappa shape index (κ3) is 5.05. The van der Waals surface area contributed by atoms with Gasteiger partial charge >= 0.3 is 0 Å². The molecule has 32 heavy (non-hydrogen) atoms. The molecule has 0 bridgehead atoms. The van der Waals surface area contributed by atoms with E-state index in [4.69, 9.17) is 17.3 Å². The Morgan fingerprint density at radius 1 is 1.06 bits per heavy atom. The van der Waals surface area contributed by atoms with Crippen molar-refractivity contribution in [2.24, 2.45) is 0 Å². The number of piperazine rings is 1. The van der Waals surface area contributed by atoms with Crippen LogP contribution in [0.15, 0.2) is 36.5 Å². The average molecular weight is 460 g/mol. The molecule has 3 heterocycles. The fourth-order valence-electron chi connectivity index (χ4n) is 3.81. The lowest BCUT2D eigenvalue weighted by Gasteiger charge is -2.35. The van der Waals surface area contributed by atoms with Crippen LogP contribution in [0.1, 0.15) is 18.2 Å². The van der Waals surface area contributed by atoms with Crippen molar-refractivity contribution in [3.8, 4) is 5.95 Å². The Morgan fingerprint density at radius 3 is 2.44 bits per heavy atom. The Labute approximate surface area is 190 Å². The van der Waals surface area contributed by atoms with Gasteiger partial charge in [0.2, 0.25) is 0 Å². The normalized spacial score (nSPS) is 15.1. The van der Waals surface area contributed by atoms with Crippen LogP contribution in [0.3, 0.4) is 0 Å². The zero-order chi connectivity index (χ0) is 22.7. The molecule has 1 saturated heterocycles. The number of hydrogen-bond acceptors (Lipinski definition) is 6. The molecule has 1 aromatic carbocycles. The summed E-state index contributed by atoms with van der Waals surface area (Å²) in [5.74, 6) is -0.474. The fourth-order valence-corrected chi connectivity index (χ4v) is 4.00. The van der Waals surface area contributed by atoms with Gasteiger partial charge in [-0.25, -0.2) is 13.5 Å². The molecule has 1 aliphatic heterocycles. The Morgan fingerprint density at radius 2 is 1.78 bits per heavy atom. The number of hydrogen-bond donors (Lipinski definition) is 1. The largest absolute Gasteiger partial charge is 0.383 e. The summed E-state index contributed by atoms with van der Waals surface area (Å²) >= 11 is 6.00. The van der Waals surface area contributed by atoms with E-state index in [0.29, 0.717) is 24.7 Å². The van der Waals surface area contributed by atoms with Crippen LogP contribution in [-0.4, -0.2) is 57.4 Å². The standard InChI is InChI=1S/C22H24ClF2N7/c1-2-19-15(14-27-32(19)22-28-20(23)13-21(26)29-22)4-3-5-30-6-8-31(9-7-30)18-11-16(24)10-17(25)12-18/h3-4,10-14H,2,5-9H2,1H3,(H2,26,28,29). The fraction of sp³-hybridized carbons (Fsp3) is 0.318. The first-order chi connectivity index (χ1) is 15.4. The number of aromatic nitrogens is 4. The summed E-state index contributed by atoms with van der Waals surface area (Å²) in [6.07, 6.45) is 6.63. The first-order valence-electron chi connectivity index (χ1n) is 10.4. The van der Waals surface area contributed by atoms with Gasteiger partial charge in [-0.15, -0.1) is 0 Å². The number of nitrogens with two attached hydrogens (primary N) is 1. The first kappa shape index (κ1) is 22.2. The van der Waals surface area contributed by atoms with E-state index in [1.807, 2.05) is 17.9 Å². The summed E-state index contributed by atoms with van der Waals surface area (Å²) in [6.45, 7) is 5.83. The number of anilines is 2. The minimum atomic E-state index is -0.552. The molecule has 3 aromatic rings. The number of halogens is 3. The van der Waals surface area contributed by atoms with Crippen LogP contribution in [-0.2, 0) is 6.42 Å². The third-order valence-corrected chi connectivity index (χ3v) is 5.57. The van der Waals surface area contributed by atoms with E-state index < -0.39 is 11.6 Å². The van der Waals surface area contributed by atoms with E-state index in [-0.39, 0.29) is 11.0 Å². The lowest BCUT2D eigenvalue weighted by molar-refractivity contribution is 0.284. The van der Waals surface area contributed by atoms with E-state index in [1.54, 1.807) is 10.9 Å². The van der Waals surface area contributed by atoms with Gasteiger partial charge in [-0.2, -0.15) is 15.1 Å². The molecule has 0 radical (unpaired) electrons. The Bertz CT molecular complexity index is 1080. The van der Waals surface area contributed by atoms with Crippen LogP contribution in [0.4, 0.5) is 20.3 Å². The lowest BCUT2D eigenvalue weighted by Crippen LogP contribution is -2.46. The van der Waals surface area contributed by atoms with Crippen molar-refractivity contribution in [2.75, 3.05) is 43.4 Å². The van der Waals surface area contributed by atoms with E-state index in [9.17, 15) is 8.78 Å². The molecule has 1 aliphatic rings. The maximum absolute atomic E-state index is 13.5. The van der Waals surface area contributed by atoms with Gasteiger partial charge in [0.25, 0.3) is 5.95 Å². The van der Waals surface area contributed by atoms with Crippen molar-refractivity contribution >= 4 is 29.2 Å². The van der Waals surface area contributed by atoms with Crippen molar-refractivity contribution < 1.29 is 8.78 Å². The summed E-state index contributed by atoms with van der Waals surface area (Å²) in [5.41, 5.74) is 8.30. The second kappa shape index (κ2) is 9.62. The molecule has 0 spiro atoms. The van der Waals surface area contributed by atoms with Gasteiger partial charge in [0, 0.05) is 56.1 Å². The molecular weight excluding hydrogens is 436 g/mol. The van der Waals surface area contributed by atoms with Gasteiger partial charge in [-0.05, 0) is 18.6 Å². The molecule has 0 amide bonds. The van der Waals surface area contributed by atoms with Crippen LogP contribution in [0, 0.1) is 11.6 Å². The van der Waals surface area contributed by atoms with E-state index in [2.05, 4.69) is 26.0 Å². The second-order valence-corrected chi connectivity index (χ2v) is 7.93. The SMILES string of the molecule is CCc1c(C=CCN2CCN(c3cc(F)cc(F)c3)CC2)cnn1-c1nc(N)cc(Cl)n1. The molecule has 4 rings (SSSR count). The number of nitrogen functional groups attached to an aromatic ring is 1. The lowest BCUT2D eigenvalue weighted by atomic mass is 10.2. The molecule has 0 aliphatic carbocycles. The van der Waals surface area contributed by atoms with Crippen LogP contribution < -0.4 is 10.6 Å². The van der Waals surface area contributed by atoms with Crippen molar-refractivity contribution in [2.45, 2.75) is 13.3 Å². The van der Waals surface area contributed by atoms with Gasteiger partial charge in [0.05, 0.1) is 11.9 Å². The molecule has 2 N–H and O–H groups in total. The summed E-state index contributed by atoms with van der Waals surface area (Å²) in [7, 11) is 0. The smallest absolute Gasteiger partial charge is 0.254 e. The van der Waals surface area contributed by atoms with Crippen molar-refractivity contribution in [3.63, 3.8) is 0 Å². The molecule has 7 nitrogen and oxygen atoms in total. The van der Waals surface area contributed by atoms with Crippen LogP contribution >= 0.6 is 11.6 Å². The van der Waals surface area contributed by atoms with Crippen molar-refractivity contribution in [1.29, 1.82) is 0 Å². The predicted octanol–water partition coefficient (Wildman–Crippen LogP) is 3.57. The summed E-state index contributed by atoms with van der Waals surface area (Å²) in [4.78, 5) is 12.7. The summed E-state index contributed by atoms with van der Waals surface area (Å²) in [5, 5.41) is 4.67. The molecular formula is C22H24ClF2N7. The third-order valence-electron chi connectivity index (χ3n) is 5.37. The van der Waals surface area contributed by atoms with Gasteiger partial charge in [-0.3, -0.25) is 4.90 Å². The van der Waals surface area contributed by atoms with E-state index in [1.165, 1.54) is 18.2 Å². The second-order valence-electron chi connectivity index (χ2n) is 7.55. The van der Waals surface area contributed by atoms with Gasteiger partial charge < -0.3 is 10.6 Å². The molecule has 2 aromatic heterocycles. The monoisotopic (exact) mass is 459 g/mol. The van der Waals surface area contributed by atoms with Crippen molar-refractivity contribution in [3.05, 3.63) is 64.6 Å².